The Labute approximate surface area is 144 Å². The molecule has 0 aliphatic carbocycles. The Balaban J connectivity index is 1.93. The monoisotopic (exact) mass is 354 g/mol. The number of benzene rings is 1. The first kappa shape index (κ1) is 17.8. The summed E-state index contributed by atoms with van der Waals surface area (Å²) in [6, 6.07) is 5.74. The molecule has 1 heterocycles. The lowest BCUT2D eigenvalue weighted by molar-refractivity contribution is -0.118. The third-order valence-electron chi connectivity index (χ3n) is 3.13. The maximum absolute atomic E-state index is 11.8. The van der Waals surface area contributed by atoms with E-state index in [-0.39, 0.29) is 11.7 Å². The summed E-state index contributed by atoms with van der Waals surface area (Å²) in [5.74, 6) is 0.244. The third kappa shape index (κ3) is 5.23. The molecule has 8 heteroatoms. The van der Waals surface area contributed by atoms with Crippen molar-refractivity contribution in [2.24, 2.45) is 0 Å². The average Bonchev–Trinajstić information content (AvgIpc) is 3.01. The molecular weight excluding hydrogens is 336 g/mol. The molecule has 0 spiro atoms. The second-order valence-electron chi connectivity index (χ2n) is 4.90. The molecule has 1 N–H and O–H groups in total. The summed E-state index contributed by atoms with van der Waals surface area (Å²) < 4.78 is 6.75. The predicted octanol–water partition coefficient (Wildman–Crippen LogP) is 2.47. The number of thioether (sulfide) groups is 1. The molecule has 0 saturated heterocycles. The highest BCUT2D eigenvalue weighted by Crippen LogP contribution is 2.23. The van der Waals surface area contributed by atoms with Gasteiger partial charge in [-0.1, -0.05) is 29.4 Å². The highest BCUT2D eigenvalue weighted by Gasteiger charge is 2.10. The summed E-state index contributed by atoms with van der Waals surface area (Å²) in [6.45, 7) is 3.19. The Bertz CT molecular complexity index is 663. The van der Waals surface area contributed by atoms with Crippen LogP contribution in [0, 0.1) is 6.92 Å². The SMILES string of the molecule is COCCCNC(=O)CSc1nncn1-c1ccc(C)c(Cl)c1. The van der Waals surface area contributed by atoms with Gasteiger partial charge in [0.15, 0.2) is 5.16 Å². The standard InChI is InChI=1S/C15H19ClN4O2S/c1-11-4-5-12(8-13(11)16)20-10-18-19-15(20)23-9-14(21)17-6-3-7-22-2/h4-5,8,10H,3,6-7,9H2,1-2H3,(H,17,21). The molecule has 6 nitrogen and oxygen atoms in total. The number of halogens is 1. The van der Waals surface area contributed by atoms with Gasteiger partial charge in [-0.2, -0.15) is 0 Å². The van der Waals surface area contributed by atoms with Crippen LogP contribution in [-0.4, -0.2) is 46.7 Å². The van der Waals surface area contributed by atoms with Crippen molar-refractivity contribution in [2.75, 3.05) is 26.0 Å². The number of aryl methyl sites for hydroxylation is 1. The summed E-state index contributed by atoms with van der Waals surface area (Å²) >= 11 is 7.49. The number of aromatic nitrogens is 3. The van der Waals surface area contributed by atoms with Crippen LogP contribution < -0.4 is 5.32 Å². The van der Waals surface area contributed by atoms with E-state index in [1.165, 1.54) is 11.8 Å². The van der Waals surface area contributed by atoms with Crippen LogP contribution in [0.4, 0.5) is 0 Å². The molecule has 0 aliphatic rings. The molecule has 1 aromatic carbocycles. The van der Waals surface area contributed by atoms with Gasteiger partial charge in [0, 0.05) is 25.3 Å². The van der Waals surface area contributed by atoms with Gasteiger partial charge in [-0.25, -0.2) is 0 Å². The highest BCUT2D eigenvalue weighted by atomic mass is 35.5. The molecule has 0 radical (unpaired) electrons. The van der Waals surface area contributed by atoms with E-state index in [1.54, 1.807) is 13.4 Å². The third-order valence-corrected chi connectivity index (χ3v) is 4.48. The fourth-order valence-electron chi connectivity index (χ4n) is 1.86. The Hall–Kier alpha value is -1.57. The van der Waals surface area contributed by atoms with Crippen molar-refractivity contribution in [3.05, 3.63) is 35.1 Å². The van der Waals surface area contributed by atoms with Gasteiger partial charge in [-0.15, -0.1) is 10.2 Å². The second kappa shape index (κ2) is 8.90. The first-order valence-electron chi connectivity index (χ1n) is 7.17. The largest absolute Gasteiger partial charge is 0.385 e. The fourth-order valence-corrected chi connectivity index (χ4v) is 2.79. The van der Waals surface area contributed by atoms with Crippen molar-refractivity contribution in [2.45, 2.75) is 18.5 Å². The zero-order valence-electron chi connectivity index (χ0n) is 13.1. The van der Waals surface area contributed by atoms with Crippen LogP contribution >= 0.6 is 23.4 Å². The maximum atomic E-state index is 11.8. The molecular formula is C15H19ClN4O2S. The van der Waals surface area contributed by atoms with Crippen molar-refractivity contribution >= 4 is 29.3 Å². The van der Waals surface area contributed by atoms with Crippen molar-refractivity contribution in [1.29, 1.82) is 0 Å². The first-order valence-corrected chi connectivity index (χ1v) is 8.53. The lowest BCUT2D eigenvalue weighted by atomic mass is 10.2. The summed E-state index contributed by atoms with van der Waals surface area (Å²) in [7, 11) is 1.64. The molecule has 2 rings (SSSR count). The number of nitrogens with zero attached hydrogens (tertiary/aromatic N) is 3. The number of hydrogen-bond donors (Lipinski definition) is 1. The van der Waals surface area contributed by atoms with Gasteiger partial charge < -0.3 is 10.1 Å². The van der Waals surface area contributed by atoms with E-state index in [9.17, 15) is 4.79 Å². The molecule has 0 unspecified atom stereocenters. The predicted molar refractivity (Wildman–Crippen MR) is 91.3 cm³/mol. The van der Waals surface area contributed by atoms with E-state index in [4.69, 9.17) is 16.3 Å². The Morgan fingerprint density at radius 3 is 3.04 bits per heavy atom. The van der Waals surface area contributed by atoms with Gasteiger partial charge in [0.25, 0.3) is 0 Å². The van der Waals surface area contributed by atoms with E-state index in [2.05, 4.69) is 15.5 Å². The fraction of sp³-hybridized carbons (Fsp3) is 0.400. The van der Waals surface area contributed by atoms with Gasteiger partial charge in [-0.05, 0) is 31.0 Å². The molecule has 23 heavy (non-hydrogen) atoms. The van der Waals surface area contributed by atoms with Crippen LogP contribution in [0.1, 0.15) is 12.0 Å². The van der Waals surface area contributed by atoms with E-state index in [1.807, 2.05) is 29.7 Å². The van der Waals surface area contributed by atoms with Crippen LogP contribution in [0.25, 0.3) is 5.69 Å². The van der Waals surface area contributed by atoms with Gasteiger partial charge >= 0.3 is 0 Å². The Morgan fingerprint density at radius 1 is 1.48 bits per heavy atom. The van der Waals surface area contributed by atoms with Crippen molar-refractivity contribution in [1.82, 2.24) is 20.1 Å². The van der Waals surface area contributed by atoms with Gasteiger partial charge in [-0.3, -0.25) is 9.36 Å². The molecule has 0 fully saturated rings. The van der Waals surface area contributed by atoms with E-state index < -0.39 is 0 Å². The minimum Gasteiger partial charge on any atom is -0.385 e. The zero-order valence-corrected chi connectivity index (χ0v) is 14.7. The molecule has 0 bridgehead atoms. The Morgan fingerprint density at radius 2 is 2.30 bits per heavy atom. The lowest BCUT2D eigenvalue weighted by Gasteiger charge is -2.08. The Kier molecular flexibility index (Phi) is 6.88. The van der Waals surface area contributed by atoms with Gasteiger partial charge in [0.05, 0.1) is 11.4 Å². The molecule has 0 atom stereocenters. The molecule has 0 saturated carbocycles. The highest BCUT2D eigenvalue weighted by molar-refractivity contribution is 7.99. The van der Waals surface area contributed by atoms with Crippen LogP contribution in [-0.2, 0) is 9.53 Å². The first-order chi connectivity index (χ1) is 11.1. The van der Waals surface area contributed by atoms with Crippen LogP contribution in [0.3, 0.4) is 0 Å². The van der Waals surface area contributed by atoms with E-state index in [0.717, 1.165) is 17.7 Å². The number of amides is 1. The minimum absolute atomic E-state index is 0.0393. The zero-order chi connectivity index (χ0) is 16.7. The topological polar surface area (TPSA) is 69.0 Å². The van der Waals surface area contributed by atoms with Crippen molar-refractivity contribution < 1.29 is 9.53 Å². The average molecular weight is 355 g/mol. The quantitative estimate of drug-likeness (QED) is 0.582. The number of carbonyl (C=O) groups excluding carboxylic acids is 1. The molecule has 1 amide bonds. The number of nitrogens with one attached hydrogen (secondary N) is 1. The van der Waals surface area contributed by atoms with Crippen LogP contribution in [0.2, 0.25) is 5.02 Å². The van der Waals surface area contributed by atoms with Crippen LogP contribution in [0.15, 0.2) is 29.7 Å². The van der Waals surface area contributed by atoms with Crippen molar-refractivity contribution in [3.8, 4) is 5.69 Å². The minimum atomic E-state index is -0.0393. The normalized spacial score (nSPS) is 10.7. The molecule has 0 aliphatic heterocycles. The number of rotatable bonds is 8. The summed E-state index contributed by atoms with van der Waals surface area (Å²) in [5.41, 5.74) is 1.88. The molecule has 1 aromatic heterocycles. The van der Waals surface area contributed by atoms with E-state index >= 15 is 0 Å². The van der Waals surface area contributed by atoms with Gasteiger partial charge in [0.1, 0.15) is 6.33 Å². The van der Waals surface area contributed by atoms with Crippen LogP contribution in [0.5, 0.6) is 0 Å². The summed E-state index contributed by atoms with van der Waals surface area (Å²) in [6.07, 6.45) is 2.41. The number of hydrogen-bond acceptors (Lipinski definition) is 5. The number of methoxy groups -OCH3 is 1. The van der Waals surface area contributed by atoms with Gasteiger partial charge in [0.2, 0.25) is 5.91 Å². The number of ether oxygens (including phenoxy) is 1. The smallest absolute Gasteiger partial charge is 0.230 e. The summed E-state index contributed by atoms with van der Waals surface area (Å²) in [5, 5.41) is 12.1. The number of carbonyl (C=O) groups is 1. The lowest BCUT2D eigenvalue weighted by Crippen LogP contribution is -2.26. The molecule has 2 aromatic rings. The van der Waals surface area contributed by atoms with Crippen molar-refractivity contribution in [3.63, 3.8) is 0 Å². The molecule has 124 valence electrons. The maximum Gasteiger partial charge on any atom is 0.230 e. The summed E-state index contributed by atoms with van der Waals surface area (Å²) in [4.78, 5) is 11.8. The van der Waals surface area contributed by atoms with E-state index in [0.29, 0.717) is 23.3 Å². The second-order valence-corrected chi connectivity index (χ2v) is 6.25.